The third-order valence-corrected chi connectivity index (χ3v) is 6.64. The van der Waals surface area contributed by atoms with Gasteiger partial charge >= 0.3 is 0 Å². The fourth-order valence-electron chi connectivity index (χ4n) is 3.71. The largest absolute Gasteiger partial charge is 0.370 e. The van der Waals surface area contributed by atoms with Gasteiger partial charge in [-0.05, 0) is 50.3 Å². The molecule has 26 heavy (non-hydrogen) atoms. The number of sulfonamides is 1. The molecule has 0 bridgehead atoms. The van der Waals surface area contributed by atoms with Gasteiger partial charge in [0.15, 0.2) is 0 Å². The minimum Gasteiger partial charge on any atom is -0.370 e. The van der Waals surface area contributed by atoms with E-state index in [1.165, 1.54) is 17.0 Å². The molecule has 8 heteroatoms. The van der Waals surface area contributed by atoms with Crippen molar-refractivity contribution in [3.05, 3.63) is 23.2 Å². The molecule has 0 spiro atoms. The van der Waals surface area contributed by atoms with E-state index in [4.69, 9.17) is 11.6 Å². The first-order chi connectivity index (χ1) is 12.3. The van der Waals surface area contributed by atoms with Gasteiger partial charge in [0.25, 0.3) is 0 Å². The molecule has 1 amide bonds. The molecule has 144 valence electrons. The van der Waals surface area contributed by atoms with Crippen LogP contribution < -0.4 is 10.2 Å². The summed E-state index contributed by atoms with van der Waals surface area (Å²) in [5.41, 5.74) is 1.69. The lowest BCUT2D eigenvalue weighted by atomic mass is 9.98. The molecular weight excluding hydrogens is 374 g/mol. The first kappa shape index (κ1) is 19.5. The van der Waals surface area contributed by atoms with E-state index in [1.807, 2.05) is 12.1 Å². The summed E-state index contributed by atoms with van der Waals surface area (Å²) in [6, 6.07) is 5.57. The topological polar surface area (TPSA) is 69.7 Å². The number of carbonyl (C=O) groups is 1. The van der Waals surface area contributed by atoms with Gasteiger partial charge in [-0.25, -0.2) is 12.7 Å². The maximum atomic E-state index is 12.8. The molecule has 1 atom stereocenters. The molecule has 1 aromatic rings. The lowest BCUT2D eigenvalue weighted by molar-refractivity contribution is -0.120. The number of rotatable bonds is 4. The first-order valence-corrected chi connectivity index (χ1v) is 11.4. The number of benzene rings is 1. The van der Waals surface area contributed by atoms with Crippen molar-refractivity contribution in [2.75, 3.05) is 42.7 Å². The summed E-state index contributed by atoms with van der Waals surface area (Å²) in [4.78, 5) is 15.1. The molecule has 0 aliphatic carbocycles. The van der Waals surface area contributed by atoms with Crippen LogP contribution in [0.4, 0.5) is 11.4 Å². The predicted molar refractivity (Wildman–Crippen MR) is 105 cm³/mol. The highest BCUT2D eigenvalue weighted by Crippen LogP contribution is 2.32. The van der Waals surface area contributed by atoms with E-state index in [0.29, 0.717) is 30.1 Å². The van der Waals surface area contributed by atoms with E-state index < -0.39 is 10.0 Å². The fraction of sp³-hybridized carbons (Fsp3) is 0.611. The molecule has 0 radical (unpaired) electrons. The Labute approximate surface area is 160 Å². The van der Waals surface area contributed by atoms with Crippen LogP contribution >= 0.6 is 11.6 Å². The van der Waals surface area contributed by atoms with Gasteiger partial charge in [0, 0.05) is 31.2 Å². The van der Waals surface area contributed by atoms with Crippen LogP contribution in [0.25, 0.3) is 0 Å². The van der Waals surface area contributed by atoms with Crippen LogP contribution in [0.15, 0.2) is 18.2 Å². The Morgan fingerprint density at radius 1 is 1.15 bits per heavy atom. The van der Waals surface area contributed by atoms with Gasteiger partial charge in [-0.2, -0.15) is 0 Å². The minimum absolute atomic E-state index is 0.140. The molecule has 1 unspecified atom stereocenters. The molecule has 1 aromatic carbocycles. The third kappa shape index (κ3) is 4.69. The van der Waals surface area contributed by atoms with Gasteiger partial charge in [0.05, 0.1) is 23.5 Å². The molecule has 0 saturated carbocycles. The average Bonchev–Trinajstić information content (AvgIpc) is 2.62. The molecular formula is C18H26ClN3O3S. The Bertz CT molecular complexity index is 763. The number of nitrogens with zero attached hydrogens (tertiary/aromatic N) is 2. The quantitative estimate of drug-likeness (QED) is 0.845. The van der Waals surface area contributed by atoms with Crippen molar-refractivity contribution >= 4 is 38.9 Å². The van der Waals surface area contributed by atoms with Crippen molar-refractivity contribution in [1.29, 1.82) is 0 Å². The molecule has 1 N–H and O–H groups in total. The summed E-state index contributed by atoms with van der Waals surface area (Å²) < 4.78 is 25.0. The maximum Gasteiger partial charge on any atom is 0.228 e. The van der Waals surface area contributed by atoms with Crippen LogP contribution in [0.2, 0.25) is 5.02 Å². The van der Waals surface area contributed by atoms with E-state index in [1.54, 1.807) is 6.07 Å². The molecule has 2 aliphatic rings. The Morgan fingerprint density at radius 3 is 2.58 bits per heavy atom. The lowest BCUT2D eigenvalue weighted by Crippen LogP contribution is -2.43. The van der Waals surface area contributed by atoms with Crippen molar-refractivity contribution in [2.24, 2.45) is 5.92 Å². The highest BCUT2D eigenvalue weighted by molar-refractivity contribution is 7.88. The Hall–Kier alpha value is -1.31. The second-order valence-electron chi connectivity index (χ2n) is 7.16. The van der Waals surface area contributed by atoms with Crippen LogP contribution in [-0.2, 0) is 14.8 Å². The highest BCUT2D eigenvalue weighted by Gasteiger charge is 2.30. The average molecular weight is 400 g/mol. The molecule has 2 fully saturated rings. The number of halogens is 1. The maximum absolute atomic E-state index is 12.8. The van der Waals surface area contributed by atoms with Gasteiger partial charge in [0.1, 0.15) is 0 Å². The molecule has 2 heterocycles. The summed E-state index contributed by atoms with van der Waals surface area (Å²) in [7, 11) is -3.27. The van der Waals surface area contributed by atoms with E-state index in [-0.39, 0.29) is 18.4 Å². The minimum atomic E-state index is -3.27. The highest BCUT2D eigenvalue weighted by atomic mass is 35.5. The number of piperidine rings is 2. The summed E-state index contributed by atoms with van der Waals surface area (Å²) in [6.45, 7) is 2.66. The summed E-state index contributed by atoms with van der Waals surface area (Å²) in [5, 5.41) is 3.58. The molecule has 0 aromatic heterocycles. The molecule has 2 saturated heterocycles. The van der Waals surface area contributed by atoms with Crippen LogP contribution in [0.3, 0.4) is 0 Å². The number of carbonyl (C=O) groups excluding carboxylic acids is 1. The van der Waals surface area contributed by atoms with Crippen molar-refractivity contribution < 1.29 is 13.2 Å². The van der Waals surface area contributed by atoms with Crippen molar-refractivity contribution in [3.8, 4) is 0 Å². The van der Waals surface area contributed by atoms with Gasteiger partial charge < -0.3 is 10.2 Å². The van der Waals surface area contributed by atoms with Gasteiger partial charge in [0.2, 0.25) is 15.9 Å². The van der Waals surface area contributed by atoms with E-state index >= 15 is 0 Å². The van der Waals surface area contributed by atoms with Crippen LogP contribution in [-0.4, -0.2) is 51.1 Å². The Balaban J connectivity index is 1.75. The number of nitrogens with one attached hydrogen (secondary N) is 1. The fourth-order valence-corrected chi connectivity index (χ4v) is 4.79. The Morgan fingerprint density at radius 2 is 1.88 bits per heavy atom. The zero-order valence-electron chi connectivity index (χ0n) is 15.1. The number of amides is 1. The molecule has 2 aliphatic heterocycles. The zero-order chi connectivity index (χ0) is 18.7. The van der Waals surface area contributed by atoms with Gasteiger partial charge in [-0.1, -0.05) is 11.6 Å². The van der Waals surface area contributed by atoms with Crippen LogP contribution in [0.1, 0.15) is 32.1 Å². The van der Waals surface area contributed by atoms with Gasteiger partial charge in [-0.15, -0.1) is 0 Å². The summed E-state index contributed by atoms with van der Waals surface area (Å²) in [6.07, 6.45) is 6.09. The monoisotopic (exact) mass is 399 g/mol. The van der Waals surface area contributed by atoms with E-state index in [0.717, 1.165) is 31.6 Å². The molecule has 3 rings (SSSR count). The SMILES string of the molecule is CS(=O)(=O)N1CCCC(C(=O)Nc2cc(Cl)ccc2N2CCCCC2)C1. The van der Waals surface area contributed by atoms with Crippen molar-refractivity contribution in [3.63, 3.8) is 0 Å². The van der Waals surface area contributed by atoms with Crippen LogP contribution in [0, 0.1) is 5.92 Å². The second-order valence-corrected chi connectivity index (χ2v) is 9.58. The zero-order valence-corrected chi connectivity index (χ0v) is 16.7. The van der Waals surface area contributed by atoms with E-state index in [9.17, 15) is 13.2 Å². The van der Waals surface area contributed by atoms with Crippen molar-refractivity contribution in [2.45, 2.75) is 32.1 Å². The second kappa shape index (κ2) is 8.15. The smallest absolute Gasteiger partial charge is 0.228 e. The number of anilines is 2. The van der Waals surface area contributed by atoms with Crippen molar-refractivity contribution in [1.82, 2.24) is 4.31 Å². The van der Waals surface area contributed by atoms with Gasteiger partial charge in [-0.3, -0.25) is 4.79 Å². The predicted octanol–water partition coefficient (Wildman–Crippen LogP) is 2.94. The van der Waals surface area contributed by atoms with Crippen LogP contribution in [0.5, 0.6) is 0 Å². The number of hydrogen-bond acceptors (Lipinski definition) is 4. The summed E-state index contributed by atoms with van der Waals surface area (Å²) in [5.74, 6) is -0.481. The summed E-state index contributed by atoms with van der Waals surface area (Å²) >= 11 is 6.15. The lowest BCUT2D eigenvalue weighted by Gasteiger charge is -2.32. The normalized spacial score (nSPS) is 22.2. The van der Waals surface area contributed by atoms with E-state index in [2.05, 4.69) is 10.2 Å². The Kier molecular flexibility index (Phi) is 6.10. The first-order valence-electron chi connectivity index (χ1n) is 9.15. The number of hydrogen-bond donors (Lipinski definition) is 1. The molecule has 6 nitrogen and oxygen atoms in total. The third-order valence-electron chi connectivity index (χ3n) is 5.14. The standard InChI is InChI=1S/C18H26ClN3O3S/c1-26(24,25)22-11-5-6-14(13-22)18(23)20-16-12-15(19)7-8-17(16)21-9-3-2-4-10-21/h7-8,12,14H,2-6,9-11,13H2,1H3,(H,20,23).